The fraction of sp³-hybridized carbons (Fsp3) is 0.417. The molecule has 100 valence electrons. The molecule has 0 saturated carbocycles. The van der Waals surface area contributed by atoms with Crippen LogP contribution in [0.3, 0.4) is 0 Å². The number of nitrogens with two attached hydrogens (primary N) is 1. The van der Waals surface area contributed by atoms with E-state index in [0.717, 1.165) is 6.26 Å². The van der Waals surface area contributed by atoms with Gasteiger partial charge in [0.15, 0.2) is 9.84 Å². The molecule has 18 heavy (non-hydrogen) atoms. The highest BCUT2D eigenvalue weighted by Crippen LogP contribution is 2.17. The monoisotopic (exact) mass is 271 g/mol. The fourth-order valence-corrected chi connectivity index (χ4v) is 2.24. The Labute approximate surface area is 107 Å². The quantitative estimate of drug-likeness (QED) is 0.660. The minimum Gasteiger partial charge on any atom is -0.459 e. The number of carbonyl (C=O) groups is 1. The van der Waals surface area contributed by atoms with Gasteiger partial charge in [-0.3, -0.25) is 0 Å². The molecule has 0 aliphatic carbocycles. The summed E-state index contributed by atoms with van der Waals surface area (Å²) in [7, 11) is -3.15. The molecule has 1 aromatic rings. The van der Waals surface area contributed by atoms with Crippen molar-refractivity contribution in [3.63, 3.8) is 0 Å². The lowest BCUT2D eigenvalue weighted by Crippen LogP contribution is -2.14. The Morgan fingerprint density at radius 2 is 2.00 bits per heavy atom. The maximum atomic E-state index is 11.7. The standard InChI is InChI=1S/C12H17NO4S/c1-8(2)17-12(14)10-6-9(4-5-11(10)13)7-18(3,15)16/h4-6,8H,7,13H2,1-3H3. The van der Waals surface area contributed by atoms with Crippen LogP contribution in [-0.2, 0) is 20.3 Å². The maximum absolute atomic E-state index is 11.7. The summed E-state index contributed by atoms with van der Waals surface area (Å²) in [4.78, 5) is 11.7. The molecular formula is C12H17NO4S. The second kappa shape index (κ2) is 5.39. The highest BCUT2D eigenvalue weighted by molar-refractivity contribution is 7.89. The lowest BCUT2D eigenvalue weighted by molar-refractivity contribution is 0.0379. The first-order chi connectivity index (χ1) is 8.19. The molecule has 6 heteroatoms. The molecule has 1 aromatic carbocycles. The highest BCUT2D eigenvalue weighted by Gasteiger charge is 2.15. The van der Waals surface area contributed by atoms with Crippen LogP contribution in [0.2, 0.25) is 0 Å². The van der Waals surface area contributed by atoms with Gasteiger partial charge in [-0.15, -0.1) is 0 Å². The van der Waals surface area contributed by atoms with Crippen LogP contribution in [-0.4, -0.2) is 26.7 Å². The number of hydrogen-bond acceptors (Lipinski definition) is 5. The summed E-state index contributed by atoms with van der Waals surface area (Å²) in [6.45, 7) is 3.46. The molecule has 1 rings (SSSR count). The van der Waals surface area contributed by atoms with Crippen molar-refractivity contribution in [3.8, 4) is 0 Å². The van der Waals surface area contributed by atoms with Gasteiger partial charge < -0.3 is 10.5 Å². The van der Waals surface area contributed by atoms with E-state index < -0.39 is 15.8 Å². The van der Waals surface area contributed by atoms with Gasteiger partial charge in [0.25, 0.3) is 0 Å². The Hall–Kier alpha value is -1.56. The third-order valence-electron chi connectivity index (χ3n) is 2.11. The van der Waals surface area contributed by atoms with E-state index in [1.807, 2.05) is 0 Å². The van der Waals surface area contributed by atoms with Crippen molar-refractivity contribution in [1.82, 2.24) is 0 Å². The van der Waals surface area contributed by atoms with Gasteiger partial charge in [-0.1, -0.05) is 6.07 Å². The van der Waals surface area contributed by atoms with E-state index in [9.17, 15) is 13.2 Å². The van der Waals surface area contributed by atoms with Gasteiger partial charge in [-0.25, -0.2) is 13.2 Å². The number of anilines is 1. The minimum atomic E-state index is -3.15. The van der Waals surface area contributed by atoms with E-state index >= 15 is 0 Å². The van der Waals surface area contributed by atoms with Crippen molar-refractivity contribution < 1.29 is 17.9 Å². The average molecular weight is 271 g/mol. The van der Waals surface area contributed by atoms with Gasteiger partial charge in [0.1, 0.15) is 0 Å². The summed E-state index contributed by atoms with van der Waals surface area (Å²) >= 11 is 0. The van der Waals surface area contributed by atoms with Crippen LogP contribution in [0.4, 0.5) is 5.69 Å². The Morgan fingerprint density at radius 1 is 1.39 bits per heavy atom. The SMILES string of the molecule is CC(C)OC(=O)c1cc(CS(C)(=O)=O)ccc1N. The average Bonchev–Trinajstić information content (AvgIpc) is 2.17. The molecule has 0 atom stereocenters. The Morgan fingerprint density at radius 3 is 2.50 bits per heavy atom. The van der Waals surface area contributed by atoms with Crippen LogP contribution < -0.4 is 5.73 Å². The molecule has 0 fully saturated rings. The number of nitrogen functional groups attached to an aromatic ring is 1. The summed E-state index contributed by atoms with van der Waals surface area (Å²) in [6.07, 6.45) is 0.880. The number of ether oxygens (including phenoxy) is 1. The fourth-order valence-electron chi connectivity index (χ4n) is 1.45. The second-order valence-electron chi connectivity index (χ2n) is 4.45. The van der Waals surface area contributed by atoms with Gasteiger partial charge in [0, 0.05) is 11.9 Å². The normalized spacial score (nSPS) is 11.6. The summed E-state index contributed by atoms with van der Waals surface area (Å²) < 4.78 is 27.4. The topological polar surface area (TPSA) is 86.5 Å². The zero-order valence-corrected chi connectivity index (χ0v) is 11.5. The van der Waals surface area contributed by atoms with Gasteiger partial charge >= 0.3 is 5.97 Å². The van der Waals surface area contributed by atoms with Crippen molar-refractivity contribution in [1.29, 1.82) is 0 Å². The first-order valence-corrected chi connectivity index (χ1v) is 7.52. The molecule has 0 bridgehead atoms. The summed E-state index contributed by atoms with van der Waals surface area (Å²) in [5.41, 5.74) is 6.67. The van der Waals surface area contributed by atoms with Crippen molar-refractivity contribution in [2.24, 2.45) is 0 Å². The van der Waals surface area contributed by atoms with Crippen molar-refractivity contribution in [3.05, 3.63) is 29.3 Å². The number of esters is 1. The smallest absolute Gasteiger partial charge is 0.340 e. The molecule has 0 saturated heterocycles. The van der Waals surface area contributed by atoms with Crippen LogP contribution in [0.15, 0.2) is 18.2 Å². The van der Waals surface area contributed by atoms with Crippen LogP contribution in [0, 0.1) is 0 Å². The molecule has 0 aliphatic heterocycles. The minimum absolute atomic E-state index is 0.130. The van der Waals surface area contributed by atoms with Crippen LogP contribution >= 0.6 is 0 Å². The number of benzene rings is 1. The molecule has 0 heterocycles. The number of sulfone groups is 1. The van der Waals surface area contributed by atoms with Gasteiger partial charge in [0.2, 0.25) is 0 Å². The molecular weight excluding hydrogens is 254 g/mol. The predicted molar refractivity (Wildman–Crippen MR) is 70.0 cm³/mol. The molecule has 5 nitrogen and oxygen atoms in total. The van der Waals surface area contributed by atoms with Gasteiger partial charge in [0.05, 0.1) is 17.4 Å². The Balaban J connectivity index is 3.05. The zero-order valence-electron chi connectivity index (χ0n) is 10.6. The van der Waals surface area contributed by atoms with E-state index in [-0.39, 0.29) is 23.1 Å². The van der Waals surface area contributed by atoms with E-state index in [2.05, 4.69) is 0 Å². The number of hydrogen-bond donors (Lipinski definition) is 1. The third kappa shape index (κ3) is 4.37. The van der Waals surface area contributed by atoms with Crippen molar-refractivity contribution in [2.75, 3.05) is 12.0 Å². The Bertz CT molecular complexity index is 549. The lowest BCUT2D eigenvalue weighted by atomic mass is 10.1. The van der Waals surface area contributed by atoms with E-state index in [1.54, 1.807) is 19.9 Å². The van der Waals surface area contributed by atoms with Crippen molar-refractivity contribution >= 4 is 21.5 Å². The second-order valence-corrected chi connectivity index (χ2v) is 6.59. The number of carbonyl (C=O) groups excluding carboxylic acids is 1. The molecule has 0 radical (unpaired) electrons. The third-order valence-corrected chi connectivity index (χ3v) is 2.97. The van der Waals surface area contributed by atoms with Gasteiger partial charge in [-0.2, -0.15) is 0 Å². The number of rotatable bonds is 4. The molecule has 0 unspecified atom stereocenters. The van der Waals surface area contributed by atoms with E-state index in [4.69, 9.17) is 10.5 Å². The van der Waals surface area contributed by atoms with E-state index in [0.29, 0.717) is 5.56 Å². The largest absolute Gasteiger partial charge is 0.459 e. The molecule has 0 aliphatic rings. The van der Waals surface area contributed by atoms with Crippen LogP contribution in [0.25, 0.3) is 0 Å². The summed E-state index contributed by atoms with van der Waals surface area (Å²) in [5.74, 6) is -0.673. The molecule has 0 amide bonds. The maximum Gasteiger partial charge on any atom is 0.340 e. The summed E-state index contributed by atoms with van der Waals surface area (Å²) in [5, 5.41) is 0. The first-order valence-electron chi connectivity index (χ1n) is 5.46. The molecule has 0 spiro atoms. The Kier molecular flexibility index (Phi) is 4.34. The zero-order chi connectivity index (χ0) is 13.9. The molecule has 2 N–H and O–H groups in total. The predicted octanol–water partition coefficient (Wildman–Crippen LogP) is 1.38. The highest BCUT2D eigenvalue weighted by atomic mass is 32.2. The van der Waals surface area contributed by atoms with Crippen LogP contribution in [0.1, 0.15) is 29.8 Å². The summed E-state index contributed by atoms with van der Waals surface area (Å²) in [6, 6.07) is 4.56. The van der Waals surface area contributed by atoms with Gasteiger partial charge in [-0.05, 0) is 31.5 Å². The van der Waals surface area contributed by atoms with E-state index in [1.165, 1.54) is 12.1 Å². The first kappa shape index (κ1) is 14.5. The molecule has 0 aromatic heterocycles. The van der Waals surface area contributed by atoms with Crippen molar-refractivity contribution in [2.45, 2.75) is 25.7 Å². The van der Waals surface area contributed by atoms with Crippen LogP contribution in [0.5, 0.6) is 0 Å². The lowest BCUT2D eigenvalue weighted by Gasteiger charge is -2.11.